The molecule has 0 unspecified atom stereocenters. The number of aliphatic hydroxyl groups excluding tert-OH is 1. The highest BCUT2D eigenvalue weighted by molar-refractivity contribution is 5.76. The summed E-state index contributed by atoms with van der Waals surface area (Å²) >= 11 is 0. The molecule has 2 aliphatic rings. The van der Waals surface area contributed by atoms with Crippen LogP contribution in [0.2, 0.25) is 0 Å². The van der Waals surface area contributed by atoms with Gasteiger partial charge in [0.05, 0.1) is 12.2 Å². The van der Waals surface area contributed by atoms with Crippen LogP contribution in [0.4, 0.5) is 0 Å². The fourth-order valence-corrected chi connectivity index (χ4v) is 3.97. The van der Waals surface area contributed by atoms with Crippen LogP contribution in [0.5, 0.6) is 0 Å². The van der Waals surface area contributed by atoms with Crippen molar-refractivity contribution in [2.45, 2.75) is 51.9 Å². The van der Waals surface area contributed by atoms with E-state index >= 15 is 0 Å². The summed E-state index contributed by atoms with van der Waals surface area (Å²) in [5, 5.41) is 10.2. The molecule has 1 saturated heterocycles. The quantitative estimate of drug-likeness (QED) is 0.889. The van der Waals surface area contributed by atoms with Crippen LogP contribution in [0.3, 0.4) is 0 Å². The second-order valence-corrected chi connectivity index (χ2v) is 6.98. The molecule has 1 aromatic rings. The lowest BCUT2D eigenvalue weighted by molar-refractivity contribution is -0.210. The van der Waals surface area contributed by atoms with Crippen LogP contribution in [0.1, 0.15) is 31.7 Å². The highest BCUT2D eigenvalue weighted by Crippen LogP contribution is 2.50. The first-order valence-electron chi connectivity index (χ1n) is 8.71. The number of amides is 1. The standard InChI is InChI=1S/C18H26N2O4/c1-3-24-15-11-14(21)18(15)5-8-19(9-6-18)17(23)12-20-7-4-13(2)10-16(20)22/h4,7,10,14-15,21H,3,5-6,8-9,11-12H2,1-2H3/t14-,15+/m1/s1. The van der Waals surface area contributed by atoms with Crippen LogP contribution in [0, 0.1) is 12.3 Å². The zero-order valence-corrected chi connectivity index (χ0v) is 14.4. The van der Waals surface area contributed by atoms with Crippen molar-refractivity contribution in [3.63, 3.8) is 0 Å². The van der Waals surface area contributed by atoms with Crippen molar-refractivity contribution in [2.75, 3.05) is 19.7 Å². The van der Waals surface area contributed by atoms with Gasteiger partial charge in [0.25, 0.3) is 5.56 Å². The minimum atomic E-state index is -0.328. The highest BCUT2D eigenvalue weighted by atomic mass is 16.5. The number of aromatic nitrogens is 1. The van der Waals surface area contributed by atoms with E-state index in [-0.39, 0.29) is 35.6 Å². The number of likely N-dealkylation sites (tertiary alicyclic amines) is 1. The maximum absolute atomic E-state index is 12.5. The molecule has 24 heavy (non-hydrogen) atoms. The number of nitrogens with zero attached hydrogens (tertiary/aromatic N) is 2. The number of hydrogen-bond donors (Lipinski definition) is 1. The summed E-state index contributed by atoms with van der Waals surface area (Å²) < 4.78 is 7.20. The van der Waals surface area contributed by atoms with Gasteiger partial charge >= 0.3 is 0 Å². The molecule has 1 saturated carbocycles. The summed E-state index contributed by atoms with van der Waals surface area (Å²) in [6, 6.07) is 3.37. The smallest absolute Gasteiger partial charge is 0.251 e. The molecule has 1 spiro atoms. The van der Waals surface area contributed by atoms with Crippen LogP contribution in [0.15, 0.2) is 23.1 Å². The van der Waals surface area contributed by atoms with Gasteiger partial charge < -0.3 is 19.3 Å². The van der Waals surface area contributed by atoms with Crippen LogP contribution in [0.25, 0.3) is 0 Å². The molecule has 1 N–H and O–H groups in total. The third kappa shape index (κ3) is 3.00. The topological polar surface area (TPSA) is 71.8 Å². The maximum Gasteiger partial charge on any atom is 0.251 e. The minimum absolute atomic E-state index is 0.0439. The van der Waals surface area contributed by atoms with Gasteiger partial charge in [-0.2, -0.15) is 0 Å². The maximum atomic E-state index is 12.5. The van der Waals surface area contributed by atoms with E-state index in [1.165, 1.54) is 10.6 Å². The summed E-state index contributed by atoms with van der Waals surface area (Å²) in [5.41, 5.74) is 0.556. The largest absolute Gasteiger partial charge is 0.392 e. The van der Waals surface area contributed by atoms with Gasteiger partial charge in [-0.3, -0.25) is 9.59 Å². The molecule has 0 aromatic carbocycles. The number of hydrogen-bond acceptors (Lipinski definition) is 4. The third-order valence-corrected chi connectivity index (χ3v) is 5.61. The van der Waals surface area contributed by atoms with Crippen LogP contribution in [-0.2, 0) is 16.1 Å². The molecule has 6 nitrogen and oxygen atoms in total. The number of aliphatic hydroxyl groups is 1. The summed E-state index contributed by atoms with van der Waals surface area (Å²) in [6.45, 7) is 5.77. The number of aryl methyl sites for hydroxylation is 1. The van der Waals surface area contributed by atoms with Gasteiger partial charge in [0.15, 0.2) is 0 Å². The van der Waals surface area contributed by atoms with Gasteiger partial charge in [0.2, 0.25) is 5.91 Å². The van der Waals surface area contributed by atoms with Crippen molar-refractivity contribution >= 4 is 5.91 Å². The SMILES string of the molecule is CCO[C@H]1C[C@@H](O)C12CCN(C(=O)Cn1ccc(C)cc1=O)CC2. The van der Waals surface area contributed by atoms with Crippen molar-refractivity contribution < 1.29 is 14.6 Å². The zero-order chi connectivity index (χ0) is 17.3. The summed E-state index contributed by atoms with van der Waals surface area (Å²) in [6.07, 6.45) is 3.66. The Labute approximate surface area is 142 Å². The fraction of sp³-hybridized carbons (Fsp3) is 0.667. The number of carbonyl (C=O) groups is 1. The Kier molecular flexibility index (Phi) is 4.78. The lowest BCUT2D eigenvalue weighted by atomic mass is 9.58. The summed E-state index contributed by atoms with van der Waals surface area (Å²) in [7, 11) is 0. The predicted octanol–water partition coefficient (Wildman–Crippen LogP) is 0.935. The van der Waals surface area contributed by atoms with Crippen LogP contribution >= 0.6 is 0 Å². The molecule has 2 atom stereocenters. The molecular weight excluding hydrogens is 308 g/mol. The monoisotopic (exact) mass is 334 g/mol. The van der Waals surface area contributed by atoms with Gasteiger partial charge in [-0.25, -0.2) is 0 Å². The molecule has 1 aliphatic carbocycles. The van der Waals surface area contributed by atoms with E-state index < -0.39 is 0 Å². The first-order chi connectivity index (χ1) is 11.5. The molecule has 6 heteroatoms. The minimum Gasteiger partial charge on any atom is -0.392 e. The number of piperidine rings is 1. The Balaban J connectivity index is 1.60. The second kappa shape index (κ2) is 6.69. The molecule has 0 bridgehead atoms. The van der Waals surface area contributed by atoms with E-state index in [1.54, 1.807) is 11.1 Å². The average Bonchev–Trinajstić information content (AvgIpc) is 2.57. The number of ether oxygens (including phenoxy) is 1. The molecule has 3 rings (SSSR count). The molecule has 2 heterocycles. The van der Waals surface area contributed by atoms with Crippen molar-refractivity contribution in [1.29, 1.82) is 0 Å². The molecule has 1 aliphatic heterocycles. The Bertz CT molecular complexity index is 659. The van der Waals surface area contributed by atoms with E-state index in [2.05, 4.69) is 0 Å². The Morgan fingerprint density at radius 1 is 1.42 bits per heavy atom. The summed E-state index contributed by atoms with van der Waals surface area (Å²) in [5.74, 6) is -0.0439. The zero-order valence-electron chi connectivity index (χ0n) is 14.4. The van der Waals surface area contributed by atoms with Gasteiger partial charge in [0, 0.05) is 43.8 Å². The number of pyridine rings is 1. The normalized spacial score (nSPS) is 25.5. The highest BCUT2D eigenvalue weighted by Gasteiger charge is 2.56. The fourth-order valence-electron chi connectivity index (χ4n) is 3.97. The van der Waals surface area contributed by atoms with Crippen molar-refractivity contribution in [3.05, 3.63) is 34.2 Å². The molecule has 2 fully saturated rings. The average molecular weight is 334 g/mol. The molecule has 1 aromatic heterocycles. The Hall–Kier alpha value is -1.66. The van der Waals surface area contributed by atoms with Crippen LogP contribution < -0.4 is 5.56 Å². The van der Waals surface area contributed by atoms with Crippen molar-refractivity contribution in [2.24, 2.45) is 5.41 Å². The molecule has 132 valence electrons. The number of carbonyl (C=O) groups excluding carboxylic acids is 1. The first kappa shape index (κ1) is 17.2. The third-order valence-electron chi connectivity index (χ3n) is 5.61. The van der Waals surface area contributed by atoms with Crippen molar-refractivity contribution in [3.8, 4) is 0 Å². The van der Waals surface area contributed by atoms with Crippen molar-refractivity contribution in [1.82, 2.24) is 9.47 Å². The van der Waals surface area contributed by atoms with E-state index in [9.17, 15) is 14.7 Å². The van der Waals surface area contributed by atoms with E-state index in [4.69, 9.17) is 4.74 Å². The Morgan fingerprint density at radius 3 is 2.71 bits per heavy atom. The van der Waals surface area contributed by atoms with E-state index in [0.29, 0.717) is 26.1 Å². The molecular formula is C18H26N2O4. The van der Waals surface area contributed by atoms with E-state index in [0.717, 1.165) is 18.4 Å². The van der Waals surface area contributed by atoms with Gasteiger partial charge in [-0.05, 0) is 38.3 Å². The molecule has 1 amide bonds. The Morgan fingerprint density at radius 2 is 2.12 bits per heavy atom. The predicted molar refractivity (Wildman–Crippen MR) is 89.7 cm³/mol. The number of rotatable bonds is 4. The van der Waals surface area contributed by atoms with E-state index in [1.807, 2.05) is 19.9 Å². The van der Waals surface area contributed by atoms with Gasteiger partial charge in [-0.1, -0.05) is 0 Å². The first-order valence-corrected chi connectivity index (χ1v) is 8.71. The molecule has 0 radical (unpaired) electrons. The summed E-state index contributed by atoms with van der Waals surface area (Å²) in [4.78, 5) is 26.2. The van der Waals surface area contributed by atoms with Gasteiger partial charge in [-0.15, -0.1) is 0 Å². The lowest BCUT2D eigenvalue weighted by Crippen LogP contribution is -2.62. The van der Waals surface area contributed by atoms with Crippen LogP contribution in [-0.4, -0.2) is 52.4 Å². The lowest BCUT2D eigenvalue weighted by Gasteiger charge is -2.56. The van der Waals surface area contributed by atoms with Gasteiger partial charge in [0.1, 0.15) is 6.54 Å². The second-order valence-electron chi connectivity index (χ2n) is 6.98.